The molecule has 0 aliphatic carbocycles. The van der Waals surface area contributed by atoms with Crippen molar-refractivity contribution in [2.24, 2.45) is 0 Å². The number of hydrogen-bond donors (Lipinski definition) is 1. The Bertz CT molecular complexity index is 1000. The lowest BCUT2D eigenvalue weighted by atomic mass is 10.1. The van der Waals surface area contributed by atoms with Gasteiger partial charge in [0, 0.05) is 18.3 Å². The number of methoxy groups -OCH3 is 1. The molecule has 1 aliphatic heterocycles. The van der Waals surface area contributed by atoms with Crippen molar-refractivity contribution in [2.75, 3.05) is 19.0 Å². The molecular formula is C21H26N2O4S. The zero-order valence-corrected chi connectivity index (χ0v) is 17.5. The predicted octanol–water partition coefficient (Wildman–Crippen LogP) is 3.41. The van der Waals surface area contributed by atoms with Crippen molar-refractivity contribution < 1.29 is 17.9 Å². The third kappa shape index (κ3) is 3.91. The Kier molecular flexibility index (Phi) is 5.76. The van der Waals surface area contributed by atoms with Crippen LogP contribution in [0.5, 0.6) is 5.75 Å². The molecule has 150 valence electrons. The van der Waals surface area contributed by atoms with E-state index >= 15 is 0 Å². The van der Waals surface area contributed by atoms with Gasteiger partial charge in [0.05, 0.1) is 12.0 Å². The van der Waals surface area contributed by atoms with Gasteiger partial charge in [0.15, 0.2) is 0 Å². The lowest BCUT2D eigenvalue weighted by molar-refractivity contribution is -0.119. The molecular weight excluding hydrogens is 376 g/mol. The van der Waals surface area contributed by atoms with Crippen molar-refractivity contribution in [3.63, 3.8) is 0 Å². The Morgan fingerprint density at radius 1 is 1.07 bits per heavy atom. The van der Waals surface area contributed by atoms with Crippen molar-refractivity contribution in [3.05, 3.63) is 53.1 Å². The second-order valence-electron chi connectivity index (χ2n) is 7.19. The summed E-state index contributed by atoms with van der Waals surface area (Å²) in [6.45, 7) is 6.04. The molecule has 1 fully saturated rings. The summed E-state index contributed by atoms with van der Waals surface area (Å²) in [4.78, 5) is 13.0. The number of carbonyl (C=O) groups is 1. The molecule has 7 heteroatoms. The maximum Gasteiger partial charge on any atom is 0.244 e. The Morgan fingerprint density at radius 3 is 2.46 bits per heavy atom. The van der Waals surface area contributed by atoms with E-state index in [-0.39, 0.29) is 10.8 Å². The van der Waals surface area contributed by atoms with Crippen LogP contribution in [0.2, 0.25) is 0 Å². The van der Waals surface area contributed by atoms with Crippen molar-refractivity contribution in [1.82, 2.24) is 4.31 Å². The van der Waals surface area contributed by atoms with Gasteiger partial charge in [0.25, 0.3) is 0 Å². The quantitative estimate of drug-likeness (QED) is 0.832. The van der Waals surface area contributed by atoms with Crippen LogP contribution in [0.15, 0.2) is 41.3 Å². The lowest BCUT2D eigenvalue weighted by Gasteiger charge is -2.24. The van der Waals surface area contributed by atoms with E-state index in [1.807, 2.05) is 32.0 Å². The van der Waals surface area contributed by atoms with E-state index in [1.54, 1.807) is 19.1 Å². The summed E-state index contributed by atoms with van der Waals surface area (Å²) in [6.07, 6.45) is 1.15. The fraction of sp³-hybridized carbons (Fsp3) is 0.381. The number of rotatable bonds is 5. The van der Waals surface area contributed by atoms with E-state index in [4.69, 9.17) is 4.74 Å². The van der Waals surface area contributed by atoms with E-state index in [1.165, 1.54) is 17.5 Å². The van der Waals surface area contributed by atoms with Crippen LogP contribution in [0.25, 0.3) is 0 Å². The first-order chi connectivity index (χ1) is 13.2. The minimum absolute atomic E-state index is 0.178. The number of ether oxygens (including phenoxy) is 1. The van der Waals surface area contributed by atoms with E-state index in [2.05, 4.69) is 5.32 Å². The van der Waals surface area contributed by atoms with E-state index in [0.717, 1.165) is 11.1 Å². The van der Waals surface area contributed by atoms with Gasteiger partial charge in [-0.3, -0.25) is 4.79 Å². The van der Waals surface area contributed by atoms with Gasteiger partial charge >= 0.3 is 0 Å². The van der Waals surface area contributed by atoms with Crippen LogP contribution in [-0.4, -0.2) is 38.3 Å². The summed E-state index contributed by atoms with van der Waals surface area (Å²) < 4.78 is 33.0. The Hall–Kier alpha value is -2.38. The highest BCUT2D eigenvalue weighted by atomic mass is 32.2. The standard InChI is InChI=1S/C21H26N2O4S/c1-14-7-9-17(12-16(14)3)22-21(24)19-6-5-11-23(19)28(25,26)20-13-18(27-4)10-8-15(20)2/h7-10,12-13,19H,5-6,11H2,1-4H3,(H,22,24)/t19-/m1/s1. The van der Waals surface area contributed by atoms with Crippen molar-refractivity contribution in [1.29, 1.82) is 0 Å². The fourth-order valence-electron chi connectivity index (χ4n) is 3.45. The molecule has 1 amide bonds. The molecule has 0 bridgehead atoms. The van der Waals surface area contributed by atoms with Gasteiger partial charge in [-0.05, 0) is 68.5 Å². The molecule has 1 heterocycles. The molecule has 0 unspecified atom stereocenters. The van der Waals surface area contributed by atoms with Gasteiger partial charge in [0.1, 0.15) is 11.8 Å². The molecule has 3 rings (SSSR count). The van der Waals surface area contributed by atoms with Crippen LogP contribution in [0.3, 0.4) is 0 Å². The summed E-state index contributed by atoms with van der Waals surface area (Å²) in [5.74, 6) is 0.171. The molecule has 0 aromatic heterocycles. The fourth-order valence-corrected chi connectivity index (χ4v) is 5.34. The van der Waals surface area contributed by atoms with Crippen LogP contribution in [0.1, 0.15) is 29.5 Å². The molecule has 6 nitrogen and oxygen atoms in total. The topological polar surface area (TPSA) is 75.7 Å². The van der Waals surface area contributed by atoms with E-state index in [0.29, 0.717) is 36.4 Å². The zero-order chi connectivity index (χ0) is 20.5. The minimum Gasteiger partial charge on any atom is -0.497 e. The molecule has 0 spiro atoms. The molecule has 1 N–H and O–H groups in total. The molecule has 0 saturated carbocycles. The number of carbonyl (C=O) groups excluding carboxylic acids is 1. The summed E-state index contributed by atoms with van der Waals surface area (Å²) >= 11 is 0. The first-order valence-corrected chi connectivity index (χ1v) is 10.7. The van der Waals surface area contributed by atoms with Crippen LogP contribution in [0.4, 0.5) is 5.69 Å². The second kappa shape index (κ2) is 7.93. The molecule has 1 aliphatic rings. The predicted molar refractivity (Wildman–Crippen MR) is 109 cm³/mol. The van der Waals surface area contributed by atoms with E-state index in [9.17, 15) is 13.2 Å². The number of amides is 1. The third-order valence-electron chi connectivity index (χ3n) is 5.26. The number of nitrogens with zero attached hydrogens (tertiary/aromatic N) is 1. The first kappa shape index (κ1) is 20.4. The number of benzene rings is 2. The van der Waals surface area contributed by atoms with Crippen molar-refractivity contribution >= 4 is 21.6 Å². The molecule has 28 heavy (non-hydrogen) atoms. The SMILES string of the molecule is COc1ccc(C)c(S(=O)(=O)N2CCC[C@@H]2C(=O)Nc2ccc(C)c(C)c2)c1. The number of nitrogens with one attached hydrogen (secondary N) is 1. The summed E-state index contributed by atoms with van der Waals surface area (Å²) in [6, 6.07) is 9.90. The Balaban J connectivity index is 1.87. The average molecular weight is 403 g/mol. The zero-order valence-electron chi connectivity index (χ0n) is 16.7. The van der Waals surface area contributed by atoms with Gasteiger partial charge in [-0.2, -0.15) is 4.31 Å². The van der Waals surface area contributed by atoms with Gasteiger partial charge in [-0.1, -0.05) is 12.1 Å². The minimum atomic E-state index is -3.81. The normalized spacial score (nSPS) is 17.5. The molecule has 2 aromatic carbocycles. The summed E-state index contributed by atoms with van der Waals surface area (Å²) in [5.41, 5.74) is 3.51. The van der Waals surface area contributed by atoms with Crippen LogP contribution in [0, 0.1) is 20.8 Å². The monoisotopic (exact) mass is 402 g/mol. The molecule has 2 aromatic rings. The smallest absolute Gasteiger partial charge is 0.244 e. The third-order valence-corrected chi connectivity index (χ3v) is 7.31. The number of sulfonamides is 1. The highest BCUT2D eigenvalue weighted by molar-refractivity contribution is 7.89. The molecule has 1 atom stereocenters. The number of anilines is 1. The summed E-state index contributed by atoms with van der Waals surface area (Å²) in [5, 5.41) is 2.87. The van der Waals surface area contributed by atoms with Crippen LogP contribution >= 0.6 is 0 Å². The van der Waals surface area contributed by atoms with Gasteiger partial charge < -0.3 is 10.1 Å². The maximum absolute atomic E-state index is 13.3. The summed E-state index contributed by atoms with van der Waals surface area (Å²) in [7, 11) is -2.31. The Labute approximate surface area is 166 Å². The highest BCUT2D eigenvalue weighted by Gasteiger charge is 2.40. The number of hydrogen-bond acceptors (Lipinski definition) is 4. The van der Waals surface area contributed by atoms with Crippen molar-refractivity contribution in [2.45, 2.75) is 44.6 Å². The lowest BCUT2D eigenvalue weighted by Crippen LogP contribution is -2.43. The van der Waals surface area contributed by atoms with Gasteiger partial charge in [-0.25, -0.2) is 8.42 Å². The maximum atomic E-state index is 13.3. The van der Waals surface area contributed by atoms with Crippen molar-refractivity contribution in [3.8, 4) is 5.75 Å². The highest BCUT2D eigenvalue weighted by Crippen LogP contribution is 2.30. The van der Waals surface area contributed by atoms with Crippen LogP contribution < -0.4 is 10.1 Å². The average Bonchev–Trinajstić information content (AvgIpc) is 3.16. The molecule has 1 saturated heterocycles. The largest absolute Gasteiger partial charge is 0.497 e. The number of aryl methyl sites for hydroxylation is 3. The Morgan fingerprint density at radius 2 is 1.79 bits per heavy atom. The second-order valence-corrected chi connectivity index (χ2v) is 9.05. The van der Waals surface area contributed by atoms with Crippen LogP contribution in [-0.2, 0) is 14.8 Å². The van der Waals surface area contributed by atoms with Gasteiger partial charge in [0.2, 0.25) is 15.9 Å². The first-order valence-electron chi connectivity index (χ1n) is 9.28. The molecule has 0 radical (unpaired) electrons. The van der Waals surface area contributed by atoms with E-state index < -0.39 is 16.1 Å². The van der Waals surface area contributed by atoms with Gasteiger partial charge in [-0.15, -0.1) is 0 Å².